The van der Waals surface area contributed by atoms with Crippen molar-refractivity contribution in [1.82, 2.24) is 9.78 Å². The van der Waals surface area contributed by atoms with Crippen LogP contribution >= 0.6 is 38.5 Å². The van der Waals surface area contributed by atoms with Gasteiger partial charge in [-0.1, -0.05) is 15.9 Å². The van der Waals surface area contributed by atoms with Crippen LogP contribution in [0, 0.1) is 3.57 Å². The molecule has 3 nitrogen and oxygen atoms in total. The van der Waals surface area contributed by atoms with Gasteiger partial charge >= 0.3 is 0 Å². The van der Waals surface area contributed by atoms with Crippen LogP contribution in [0.25, 0.3) is 0 Å². The summed E-state index contributed by atoms with van der Waals surface area (Å²) in [5, 5.41) is 14.3. The number of nitrogens with zero attached hydrogens (tertiary/aromatic N) is 2. The Hall–Kier alpha value is -0.400. The second kappa shape index (κ2) is 4.85. The molecule has 1 aromatic heterocycles. The predicted octanol–water partition coefficient (Wildman–Crippen LogP) is 2.87. The van der Waals surface area contributed by atoms with Gasteiger partial charge in [0.25, 0.3) is 0 Å². The number of aliphatic hydroxyl groups is 1. The molecule has 0 bridgehead atoms. The Morgan fingerprint density at radius 2 is 2.19 bits per heavy atom. The van der Waals surface area contributed by atoms with Crippen LogP contribution in [0.15, 0.2) is 34.9 Å². The minimum absolute atomic E-state index is 0.642. The molecule has 1 aromatic carbocycles. The summed E-state index contributed by atoms with van der Waals surface area (Å²) in [5.41, 5.74) is 1.68. The molecule has 2 aromatic rings. The summed E-state index contributed by atoms with van der Waals surface area (Å²) in [5.74, 6) is 0. The molecule has 0 spiro atoms. The highest BCUT2D eigenvalue weighted by molar-refractivity contribution is 14.1. The maximum atomic E-state index is 10.3. The van der Waals surface area contributed by atoms with Gasteiger partial charge in [0.15, 0.2) is 0 Å². The maximum Gasteiger partial charge on any atom is 0.122 e. The van der Waals surface area contributed by atoms with Crippen molar-refractivity contribution in [2.45, 2.75) is 6.10 Å². The normalized spacial score (nSPS) is 12.8. The van der Waals surface area contributed by atoms with Crippen LogP contribution in [0.1, 0.15) is 17.4 Å². The monoisotopic (exact) mass is 392 g/mol. The third-order valence-corrected chi connectivity index (χ3v) is 3.87. The van der Waals surface area contributed by atoms with E-state index in [-0.39, 0.29) is 0 Å². The summed E-state index contributed by atoms with van der Waals surface area (Å²) in [6.07, 6.45) is 1.04. The van der Waals surface area contributed by atoms with Gasteiger partial charge in [-0.3, -0.25) is 4.68 Å². The molecule has 2 rings (SSSR count). The van der Waals surface area contributed by atoms with E-state index in [1.54, 1.807) is 10.9 Å². The Balaban J connectivity index is 2.45. The number of benzene rings is 1. The average Bonchev–Trinajstić information content (AvgIpc) is 2.67. The van der Waals surface area contributed by atoms with Crippen LogP contribution in [0.5, 0.6) is 0 Å². The van der Waals surface area contributed by atoms with Gasteiger partial charge in [0, 0.05) is 26.9 Å². The van der Waals surface area contributed by atoms with Crippen molar-refractivity contribution in [2.24, 2.45) is 7.05 Å². The van der Waals surface area contributed by atoms with E-state index in [9.17, 15) is 5.11 Å². The smallest absolute Gasteiger partial charge is 0.122 e. The van der Waals surface area contributed by atoms with Gasteiger partial charge in [0.2, 0.25) is 0 Å². The highest BCUT2D eigenvalue weighted by Crippen LogP contribution is 2.28. The van der Waals surface area contributed by atoms with E-state index in [2.05, 4.69) is 43.6 Å². The van der Waals surface area contributed by atoms with E-state index in [4.69, 9.17) is 0 Å². The van der Waals surface area contributed by atoms with Crippen molar-refractivity contribution in [1.29, 1.82) is 0 Å². The number of rotatable bonds is 2. The van der Waals surface area contributed by atoms with Crippen LogP contribution in [0.2, 0.25) is 0 Å². The van der Waals surface area contributed by atoms with Gasteiger partial charge in [0.1, 0.15) is 6.10 Å². The Bertz CT molecular complexity index is 512. The topological polar surface area (TPSA) is 38.0 Å². The van der Waals surface area contributed by atoms with Crippen molar-refractivity contribution in [2.75, 3.05) is 0 Å². The Labute approximate surface area is 116 Å². The summed E-state index contributed by atoms with van der Waals surface area (Å²) in [6.45, 7) is 0. The van der Waals surface area contributed by atoms with Crippen LogP contribution in [-0.4, -0.2) is 14.9 Å². The largest absolute Gasteiger partial charge is 0.382 e. The van der Waals surface area contributed by atoms with Gasteiger partial charge in [-0.2, -0.15) is 5.10 Å². The van der Waals surface area contributed by atoms with Crippen molar-refractivity contribution < 1.29 is 5.11 Å². The fourth-order valence-electron chi connectivity index (χ4n) is 1.54. The summed E-state index contributed by atoms with van der Waals surface area (Å²) < 4.78 is 3.68. The molecule has 0 fully saturated rings. The molecule has 16 heavy (non-hydrogen) atoms. The molecule has 0 aliphatic heterocycles. The molecule has 0 amide bonds. The minimum Gasteiger partial charge on any atom is -0.382 e. The highest BCUT2D eigenvalue weighted by Gasteiger charge is 2.16. The third-order valence-electron chi connectivity index (χ3n) is 2.39. The van der Waals surface area contributed by atoms with E-state index < -0.39 is 6.10 Å². The van der Waals surface area contributed by atoms with Gasteiger partial charge in [-0.05, 0) is 46.9 Å². The van der Waals surface area contributed by atoms with E-state index in [0.29, 0.717) is 0 Å². The summed E-state index contributed by atoms with van der Waals surface area (Å²) in [4.78, 5) is 0. The number of hydrogen-bond acceptors (Lipinski definition) is 2. The summed E-state index contributed by atoms with van der Waals surface area (Å²) >= 11 is 5.63. The van der Waals surface area contributed by atoms with Crippen LogP contribution < -0.4 is 0 Å². The van der Waals surface area contributed by atoms with E-state index in [0.717, 1.165) is 19.3 Å². The lowest BCUT2D eigenvalue weighted by molar-refractivity contribution is 0.209. The SMILES string of the molecule is Cn1nccc1C(O)c1cc(Br)ccc1I. The molecule has 5 heteroatoms. The molecule has 84 valence electrons. The first-order valence-corrected chi connectivity index (χ1v) is 6.57. The molecule has 0 aliphatic rings. The lowest BCUT2D eigenvalue weighted by Crippen LogP contribution is -2.08. The number of hydrogen-bond donors (Lipinski definition) is 1. The zero-order valence-corrected chi connectivity index (χ0v) is 12.3. The molecule has 0 aliphatic carbocycles. The lowest BCUT2D eigenvalue weighted by Gasteiger charge is -2.13. The first-order valence-electron chi connectivity index (χ1n) is 4.70. The average molecular weight is 393 g/mol. The number of aromatic nitrogens is 2. The van der Waals surface area contributed by atoms with E-state index >= 15 is 0 Å². The molecule has 0 saturated heterocycles. The van der Waals surface area contributed by atoms with Crippen molar-refractivity contribution >= 4 is 38.5 Å². The molecule has 0 radical (unpaired) electrons. The van der Waals surface area contributed by atoms with Gasteiger partial charge < -0.3 is 5.11 Å². The molecular formula is C11H10BrIN2O. The fourth-order valence-corrected chi connectivity index (χ4v) is 2.55. The van der Waals surface area contributed by atoms with Crippen molar-refractivity contribution in [3.8, 4) is 0 Å². The molecular weight excluding hydrogens is 383 g/mol. The lowest BCUT2D eigenvalue weighted by atomic mass is 10.1. The van der Waals surface area contributed by atoms with Gasteiger partial charge in [-0.15, -0.1) is 0 Å². The molecule has 1 N–H and O–H groups in total. The third kappa shape index (κ3) is 2.31. The Morgan fingerprint density at radius 1 is 1.44 bits per heavy atom. The van der Waals surface area contributed by atoms with E-state index in [1.807, 2.05) is 31.3 Å². The highest BCUT2D eigenvalue weighted by atomic mass is 127. The second-order valence-corrected chi connectivity index (χ2v) is 5.53. The second-order valence-electron chi connectivity index (χ2n) is 3.45. The zero-order chi connectivity index (χ0) is 11.7. The number of aliphatic hydroxyl groups excluding tert-OH is 1. The molecule has 1 heterocycles. The molecule has 1 atom stereocenters. The quantitative estimate of drug-likeness (QED) is 0.798. The first-order chi connectivity index (χ1) is 7.59. The standard InChI is InChI=1S/C11H10BrIN2O/c1-15-10(4-5-14-15)11(16)8-6-7(12)2-3-9(8)13/h2-6,11,16H,1H3. The Kier molecular flexibility index (Phi) is 3.66. The van der Waals surface area contributed by atoms with Crippen LogP contribution in [0.4, 0.5) is 0 Å². The Morgan fingerprint density at radius 3 is 2.81 bits per heavy atom. The van der Waals surface area contributed by atoms with E-state index in [1.165, 1.54) is 0 Å². The number of aryl methyl sites for hydroxylation is 1. The maximum absolute atomic E-state index is 10.3. The van der Waals surface area contributed by atoms with Crippen molar-refractivity contribution in [3.05, 3.63) is 49.8 Å². The summed E-state index contributed by atoms with van der Waals surface area (Å²) in [7, 11) is 1.82. The minimum atomic E-state index is -0.642. The fraction of sp³-hybridized carbons (Fsp3) is 0.182. The van der Waals surface area contributed by atoms with Crippen LogP contribution in [0.3, 0.4) is 0 Å². The van der Waals surface area contributed by atoms with Crippen LogP contribution in [-0.2, 0) is 7.05 Å². The van der Waals surface area contributed by atoms with Crippen molar-refractivity contribution in [3.63, 3.8) is 0 Å². The zero-order valence-electron chi connectivity index (χ0n) is 8.56. The van der Waals surface area contributed by atoms with Gasteiger partial charge in [0.05, 0.1) is 5.69 Å². The predicted molar refractivity (Wildman–Crippen MR) is 74.1 cm³/mol. The first kappa shape index (κ1) is 12.1. The number of halogens is 2. The molecule has 0 saturated carbocycles. The van der Waals surface area contributed by atoms with Gasteiger partial charge in [-0.25, -0.2) is 0 Å². The molecule has 1 unspecified atom stereocenters. The summed E-state index contributed by atoms with van der Waals surface area (Å²) in [6, 6.07) is 7.68.